The van der Waals surface area contributed by atoms with Gasteiger partial charge in [0, 0.05) is 49.9 Å². The van der Waals surface area contributed by atoms with E-state index >= 15 is 0 Å². The van der Waals surface area contributed by atoms with Gasteiger partial charge >= 0.3 is 0 Å². The van der Waals surface area contributed by atoms with Crippen molar-refractivity contribution in [1.82, 2.24) is 19.6 Å². The van der Waals surface area contributed by atoms with Crippen LogP contribution in [0.5, 0.6) is 0 Å². The minimum Gasteiger partial charge on any atom is -0.309 e. The van der Waals surface area contributed by atoms with E-state index < -0.39 is 0 Å². The zero-order valence-electron chi connectivity index (χ0n) is 29.4. The summed E-state index contributed by atoms with van der Waals surface area (Å²) in [5.74, 6) is 0. The molecule has 0 radical (unpaired) electrons. The molecule has 256 valence electrons. The maximum Gasteiger partial charge on any atom is 0.142 e. The van der Waals surface area contributed by atoms with Crippen molar-refractivity contribution >= 4 is 60.6 Å². The summed E-state index contributed by atoms with van der Waals surface area (Å²) in [4.78, 5) is 5.15. The molecule has 54 heavy (non-hydrogen) atoms. The number of para-hydroxylation sites is 3. The second-order valence-corrected chi connectivity index (χ2v) is 14.0. The van der Waals surface area contributed by atoms with Gasteiger partial charge in [-0.05, 0) is 53.1 Å². The molecule has 2 unspecified atom stereocenters. The molecule has 0 spiro atoms. The summed E-state index contributed by atoms with van der Waals surface area (Å²) < 4.78 is 4.91. The number of nitrogens with one attached hydrogen (secondary N) is 1. The Morgan fingerprint density at radius 1 is 0.463 bits per heavy atom. The highest BCUT2D eigenvalue weighted by Gasteiger charge is 2.41. The van der Waals surface area contributed by atoms with E-state index in [1.165, 1.54) is 59.9 Å². The molecular formula is C49H35N5. The number of aromatic nitrogens is 2. The van der Waals surface area contributed by atoms with Gasteiger partial charge in [-0.3, -0.25) is 4.99 Å². The molecule has 0 saturated carbocycles. The highest BCUT2D eigenvalue weighted by molar-refractivity contribution is 6.37. The molecule has 3 heterocycles. The van der Waals surface area contributed by atoms with E-state index in [9.17, 15) is 0 Å². The number of hydrogen-bond donors (Lipinski definition) is 1. The third-order valence-electron chi connectivity index (χ3n) is 10.9. The molecule has 1 aliphatic rings. The van der Waals surface area contributed by atoms with Crippen LogP contribution in [0.15, 0.2) is 193 Å². The molecule has 1 N–H and O–H groups in total. The van der Waals surface area contributed by atoms with E-state index in [4.69, 9.17) is 4.99 Å². The first-order chi connectivity index (χ1) is 26.8. The first kappa shape index (κ1) is 30.8. The average Bonchev–Trinajstić information content (AvgIpc) is 3.85. The van der Waals surface area contributed by atoms with Gasteiger partial charge in [-0.15, -0.1) is 0 Å². The second-order valence-electron chi connectivity index (χ2n) is 14.0. The molecule has 1 aliphatic heterocycles. The van der Waals surface area contributed by atoms with E-state index in [0.717, 1.165) is 22.5 Å². The lowest BCUT2D eigenvalue weighted by molar-refractivity contribution is 0.372. The normalized spacial score (nSPS) is 16.3. The van der Waals surface area contributed by atoms with Crippen molar-refractivity contribution in [2.75, 3.05) is 0 Å². The summed E-state index contributed by atoms with van der Waals surface area (Å²) in [6.07, 6.45) is 1.99. The highest BCUT2D eigenvalue weighted by atomic mass is 15.8. The molecule has 1 saturated heterocycles. The van der Waals surface area contributed by atoms with Crippen molar-refractivity contribution in [3.63, 3.8) is 0 Å². The van der Waals surface area contributed by atoms with Gasteiger partial charge in [0.15, 0.2) is 0 Å². The van der Waals surface area contributed by atoms with Crippen molar-refractivity contribution in [2.45, 2.75) is 12.3 Å². The third kappa shape index (κ3) is 4.83. The third-order valence-corrected chi connectivity index (χ3v) is 10.9. The van der Waals surface area contributed by atoms with Crippen LogP contribution in [0.2, 0.25) is 0 Å². The Morgan fingerprint density at radius 2 is 0.926 bits per heavy atom. The quantitative estimate of drug-likeness (QED) is 0.133. The fourth-order valence-corrected chi connectivity index (χ4v) is 8.51. The summed E-state index contributed by atoms with van der Waals surface area (Å²) in [5, 5.41) is 9.74. The monoisotopic (exact) mass is 693 g/mol. The number of hydrazine groups is 1. The van der Waals surface area contributed by atoms with Crippen molar-refractivity contribution in [3.8, 4) is 11.4 Å². The molecule has 8 aromatic carbocycles. The molecule has 11 rings (SSSR count). The summed E-state index contributed by atoms with van der Waals surface area (Å²) in [6, 6.07) is 67.3. The number of fused-ring (bicyclic) bond motifs is 10. The maximum atomic E-state index is 5.15. The van der Waals surface area contributed by atoms with Gasteiger partial charge in [-0.2, -0.15) is 5.01 Å². The number of rotatable bonds is 7. The molecular weight excluding hydrogens is 659 g/mol. The number of nitrogens with zero attached hydrogens (tertiary/aromatic N) is 4. The van der Waals surface area contributed by atoms with Gasteiger partial charge in [-0.1, -0.05) is 152 Å². The smallest absolute Gasteiger partial charge is 0.142 e. The average molecular weight is 694 g/mol. The van der Waals surface area contributed by atoms with Crippen LogP contribution in [0.3, 0.4) is 0 Å². The fraction of sp³-hybridized carbons (Fsp3) is 0.0408. The van der Waals surface area contributed by atoms with Crippen LogP contribution in [0.4, 0.5) is 0 Å². The molecule has 0 aliphatic carbocycles. The van der Waals surface area contributed by atoms with Crippen molar-refractivity contribution in [1.29, 1.82) is 0 Å². The van der Waals surface area contributed by atoms with Crippen LogP contribution in [0, 0.1) is 0 Å². The van der Waals surface area contributed by atoms with E-state index in [1.807, 2.05) is 6.21 Å². The number of aliphatic imine (C=N–C) groups is 1. The first-order valence-corrected chi connectivity index (χ1v) is 18.5. The minimum absolute atomic E-state index is 0.134. The predicted octanol–water partition coefficient (Wildman–Crippen LogP) is 11.7. The van der Waals surface area contributed by atoms with Crippen LogP contribution in [0.1, 0.15) is 29.0 Å². The summed E-state index contributed by atoms with van der Waals surface area (Å²) in [6.45, 7) is 0. The molecule has 10 aromatic rings. The molecule has 1 fully saturated rings. The Morgan fingerprint density at radius 3 is 1.50 bits per heavy atom. The predicted molar refractivity (Wildman–Crippen MR) is 224 cm³/mol. The van der Waals surface area contributed by atoms with Crippen molar-refractivity contribution < 1.29 is 0 Å². The Bertz CT molecular complexity index is 3020. The van der Waals surface area contributed by atoms with E-state index in [2.05, 4.69) is 208 Å². The van der Waals surface area contributed by atoms with E-state index in [1.54, 1.807) is 0 Å². The zero-order valence-corrected chi connectivity index (χ0v) is 29.4. The summed E-state index contributed by atoms with van der Waals surface area (Å²) in [7, 11) is 0. The van der Waals surface area contributed by atoms with Crippen LogP contribution in [-0.4, -0.2) is 20.4 Å². The maximum absolute atomic E-state index is 5.15. The van der Waals surface area contributed by atoms with Crippen molar-refractivity contribution in [3.05, 3.63) is 205 Å². The largest absolute Gasteiger partial charge is 0.309 e. The van der Waals surface area contributed by atoms with Gasteiger partial charge in [0.2, 0.25) is 0 Å². The van der Waals surface area contributed by atoms with Crippen molar-refractivity contribution in [2.24, 2.45) is 4.99 Å². The van der Waals surface area contributed by atoms with Gasteiger partial charge in [0.05, 0.1) is 22.1 Å². The Hall–Kier alpha value is -6.79. The molecule has 0 bridgehead atoms. The Kier molecular flexibility index (Phi) is 7.08. The van der Waals surface area contributed by atoms with Crippen LogP contribution >= 0.6 is 0 Å². The van der Waals surface area contributed by atoms with Crippen LogP contribution < -0.4 is 5.43 Å². The fourth-order valence-electron chi connectivity index (χ4n) is 8.51. The molecule has 5 nitrogen and oxygen atoms in total. The number of hydrogen-bond acceptors (Lipinski definition) is 3. The van der Waals surface area contributed by atoms with Crippen LogP contribution in [-0.2, 0) is 0 Å². The number of benzene rings is 8. The Labute approximate surface area is 312 Å². The SMILES string of the molecule is C(=N\C(c1ccccc1)[N@]1NC1c1ccccc1)/c1ccc(-n2c3ccccc3c3c4c5ccccc5n(-c5ccccc5)c4c4ccccc4c32)cc1. The van der Waals surface area contributed by atoms with Gasteiger partial charge in [0.25, 0.3) is 0 Å². The van der Waals surface area contributed by atoms with E-state index in [0.29, 0.717) is 0 Å². The summed E-state index contributed by atoms with van der Waals surface area (Å²) >= 11 is 0. The van der Waals surface area contributed by atoms with Gasteiger partial charge < -0.3 is 9.13 Å². The van der Waals surface area contributed by atoms with Gasteiger partial charge in [-0.25, -0.2) is 5.43 Å². The Balaban J connectivity index is 1.08. The van der Waals surface area contributed by atoms with Gasteiger partial charge in [0.1, 0.15) is 12.3 Å². The summed E-state index contributed by atoms with van der Waals surface area (Å²) in [5.41, 5.74) is 14.1. The molecule has 2 aromatic heterocycles. The minimum atomic E-state index is -0.153. The molecule has 0 amide bonds. The lowest BCUT2D eigenvalue weighted by Crippen LogP contribution is -2.10. The lowest BCUT2D eigenvalue weighted by Gasteiger charge is -2.14. The highest BCUT2D eigenvalue weighted by Crippen LogP contribution is 2.47. The lowest BCUT2D eigenvalue weighted by atomic mass is 9.99. The van der Waals surface area contributed by atoms with E-state index in [-0.39, 0.29) is 12.3 Å². The topological polar surface area (TPSA) is 47.2 Å². The van der Waals surface area contributed by atoms with Crippen LogP contribution in [0.25, 0.3) is 65.8 Å². The second kappa shape index (κ2) is 12.4. The molecule has 5 heteroatoms. The first-order valence-electron chi connectivity index (χ1n) is 18.5. The standard InChI is InChI=1S/C49H35N5/c1-4-16-34(17-5-1)48(54-49(51-54)35-18-6-2-7-19-35)50-32-33-28-30-37(31-29-33)53-43-27-15-13-25-41(43)45-44-40-24-12-14-26-42(40)52(36-20-8-3-9-21-36)46(44)38-22-10-11-23-39(38)47(45)53/h1-32,48-49,51H/b50-32+/t48?,49?,54-/m0/s1. The zero-order chi connectivity index (χ0) is 35.6. The molecule has 3 atom stereocenters.